The van der Waals surface area contributed by atoms with Gasteiger partial charge >= 0.3 is 6.03 Å². The molecule has 31 heavy (non-hydrogen) atoms. The molecule has 1 atom stereocenters. The third-order valence-electron chi connectivity index (χ3n) is 5.11. The SMILES string of the molecule is CC(C)C(NC(=O)Nc1ccccc1)C(=O)N1CCN(c2ccc([N+](=O)[O-])cn2)CC1. The normalized spacial score (nSPS) is 14.8. The number of rotatable bonds is 6. The Kier molecular flexibility index (Phi) is 7.01. The Morgan fingerprint density at radius 3 is 2.29 bits per heavy atom. The van der Waals surface area contributed by atoms with E-state index in [0.29, 0.717) is 37.7 Å². The Bertz CT molecular complexity index is 911. The molecule has 3 rings (SSSR count). The second-order valence-corrected chi connectivity index (χ2v) is 7.63. The first-order chi connectivity index (χ1) is 14.8. The third-order valence-corrected chi connectivity index (χ3v) is 5.11. The van der Waals surface area contributed by atoms with Crippen molar-refractivity contribution in [3.63, 3.8) is 0 Å². The number of pyridine rings is 1. The van der Waals surface area contributed by atoms with Crippen molar-refractivity contribution in [2.75, 3.05) is 36.4 Å². The second-order valence-electron chi connectivity index (χ2n) is 7.63. The van der Waals surface area contributed by atoms with Crippen LogP contribution >= 0.6 is 0 Å². The maximum Gasteiger partial charge on any atom is 0.319 e. The summed E-state index contributed by atoms with van der Waals surface area (Å²) in [5, 5.41) is 16.3. The molecule has 10 nitrogen and oxygen atoms in total. The van der Waals surface area contributed by atoms with E-state index in [2.05, 4.69) is 15.6 Å². The number of nitro groups is 1. The minimum atomic E-state index is -0.646. The van der Waals surface area contributed by atoms with Gasteiger partial charge in [-0.25, -0.2) is 9.78 Å². The van der Waals surface area contributed by atoms with E-state index in [-0.39, 0.29) is 17.5 Å². The van der Waals surface area contributed by atoms with Crippen LogP contribution in [0.15, 0.2) is 48.7 Å². The van der Waals surface area contributed by atoms with Crippen molar-refractivity contribution < 1.29 is 14.5 Å². The third kappa shape index (κ3) is 5.68. The summed E-state index contributed by atoms with van der Waals surface area (Å²) in [4.78, 5) is 43.6. The summed E-state index contributed by atoms with van der Waals surface area (Å²) < 4.78 is 0. The molecule has 2 heterocycles. The van der Waals surface area contributed by atoms with Crippen LogP contribution in [-0.2, 0) is 4.79 Å². The molecule has 2 N–H and O–H groups in total. The number of nitrogens with one attached hydrogen (secondary N) is 2. The smallest absolute Gasteiger partial charge is 0.319 e. The van der Waals surface area contributed by atoms with Gasteiger partial charge in [-0.3, -0.25) is 14.9 Å². The van der Waals surface area contributed by atoms with Crippen molar-refractivity contribution in [1.82, 2.24) is 15.2 Å². The minimum Gasteiger partial charge on any atom is -0.353 e. The zero-order chi connectivity index (χ0) is 22.4. The number of carbonyl (C=O) groups excluding carboxylic acids is 2. The molecule has 0 radical (unpaired) electrons. The van der Waals surface area contributed by atoms with Crippen molar-refractivity contribution in [1.29, 1.82) is 0 Å². The molecule has 2 aromatic rings. The van der Waals surface area contributed by atoms with E-state index in [9.17, 15) is 19.7 Å². The molecule has 1 aromatic carbocycles. The quantitative estimate of drug-likeness (QED) is 0.541. The first kappa shape index (κ1) is 22.0. The standard InChI is InChI=1S/C21H26N6O4/c1-15(2)19(24-21(29)23-16-6-4-3-5-7-16)20(28)26-12-10-25(11-13-26)18-9-8-17(14-22-18)27(30)31/h3-9,14-15,19H,10-13H2,1-2H3,(H2,23,24,29). The number of urea groups is 1. The molecule has 0 saturated carbocycles. The number of para-hydroxylation sites is 1. The van der Waals surface area contributed by atoms with Crippen LogP contribution in [0.5, 0.6) is 0 Å². The Hall–Kier alpha value is -3.69. The highest BCUT2D eigenvalue weighted by Crippen LogP contribution is 2.18. The first-order valence-corrected chi connectivity index (χ1v) is 10.1. The van der Waals surface area contributed by atoms with Crippen molar-refractivity contribution in [2.24, 2.45) is 5.92 Å². The lowest BCUT2D eigenvalue weighted by atomic mass is 10.0. The highest BCUT2D eigenvalue weighted by molar-refractivity contribution is 5.93. The fourth-order valence-corrected chi connectivity index (χ4v) is 3.37. The maximum atomic E-state index is 13.1. The van der Waals surface area contributed by atoms with Gasteiger partial charge < -0.3 is 20.4 Å². The number of aromatic nitrogens is 1. The Morgan fingerprint density at radius 1 is 1.06 bits per heavy atom. The Labute approximate surface area is 180 Å². The van der Waals surface area contributed by atoms with Crippen LogP contribution in [0.1, 0.15) is 13.8 Å². The topological polar surface area (TPSA) is 121 Å². The monoisotopic (exact) mass is 426 g/mol. The van der Waals surface area contributed by atoms with Crippen LogP contribution in [-0.4, -0.2) is 59.0 Å². The number of hydrogen-bond acceptors (Lipinski definition) is 6. The van der Waals surface area contributed by atoms with E-state index in [1.165, 1.54) is 12.3 Å². The van der Waals surface area contributed by atoms with Crippen LogP contribution in [0.25, 0.3) is 0 Å². The summed E-state index contributed by atoms with van der Waals surface area (Å²) >= 11 is 0. The van der Waals surface area contributed by atoms with Crippen LogP contribution < -0.4 is 15.5 Å². The van der Waals surface area contributed by atoms with Crippen molar-refractivity contribution in [2.45, 2.75) is 19.9 Å². The lowest BCUT2D eigenvalue weighted by molar-refractivity contribution is -0.385. The average Bonchev–Trinajstić information content (AvgIpc) is 2.77. The van der Waals surface area contributed by atoms with Crippen molar-refractivity contribution in [3.8, 4) is 0 Å². The number of hydrogen-bond donors (Lipinski definition) is 2. The summed E-state index contributed by atoms with van der Waals surface area (Å²) in [7, 11) is 0. The zero-order valence-electron chi connectivity index (χ0n) is 17.5. The molecule has 1 fully saturated rings. The van der Waals surface area contributed by atoms with Gasteiger partial charge in [-0.1, -0.05) is 32.0 Å². The van der Waals surface area contributed by atoms with E-state index in [1.54, 1.807) is 23.1 Å². The first-order valence-electron chi connectivity index (χ1n) is 10.1. The molecule has 3 amide bonds. The fraction of sp³-hybridized carbons (Fsp3) is 0.381. The molecule has 1 aliphatic heterocycles. The highest BCUT2D eigenvalue weighted by Gasteiger charge is 2.31. The largest absolute Gasteiger partial charge is 0.353 e. The molecule has 1 aromatic heterocycles. The van der Waals surface area contributed by atoms with E-state index in [1.807, 2.05) is 36.9 Å². The van der Waals surface area contributed by atoms with Crippen LogP contribution in [0.3, 0.4) is 0 Å². The number of nitrogens with zero attached hydrogens (tertiary/aromatic N) is 4. The summed E-state index contributed by atoms with van der Waals surface area (Å²) in [6.45, 7) is 5.84. The number of carbonyl (C=O) groups is 2. The lowest BCUT2D eigenvalue weighted by Crippen LogP contribution is -2.57. The molecular weight excluding hydrogens is 400 g/mol. The van der Waals surface area contributed by atoms with Gasteiger partial charge in [-0.05, 0) is 24.1 Å². The van der Waals surface area contributed by atoms with Crippen molar-refractivity contribution >= 4 is 29.1 Å². The Morgan fingerprint density at radius 2 is 1.74 bits per heavy atom. The number of benzene rings is 1. The zero-order valence-corrected chi connectivity index (χ0v) is 17.5. The predicted molar refractivity (Wildman–Crippen MR) is 117 cm³/mol. The van der Waals surface area contributed by atoms with E-state index in [0.717, 1.165) is 0 Å². The lowest BCUT2D eigenvalue weighted by Gasteiger charge is -2.37. The van der Waals surface area contributed by atoms with Crippen LogP contribution in [0.2, 0.25) is 0 Å². The summed E-state index contributed by atoms with van der Waals surface area (Å²) in [5.41, 5.74) is 0.594. The van der Waals surface area contributed by atoms with Gasteiger partial charge in [-0.2, -0.15) is 0 Å². The highest BCUT2D eigenvalue weighted by atomic mass is 16.6. The minimum absolute atomic E-state index is 0.0582. The summed E-state index contributed by atoms with van der Waals surface area (Å²) in [6.07, 6.45) is 1.23. The summed E-state index contributed by atoms with van der Waals surface area (Å²) in [5.74, 6) is 0.427. The Balaban J connectivity index is 1.56. The average molecular weight is 426 g/mol. The predicted octanol–water partition coefficient (Wildman–Crippen LogP) is 2.48. The maximum absolute atomic E-state index is 13.1. The fourth-order valence-electron chi connectivity index (χ4n) is 3.37. The van der Waals surface area contributed by atoms with Gasteiger partial charge in [0.15, 0.2) is 0 Å². The molecule has 1 unspecified atom stereocenters. The van der Waals surface area contributed by atoms with Crippen LogP contribution in [0.4, 0.5) is 22.0 Å². The van der Waals surface area contributed by atoms with Gasteiger partial charge in [0.25, 0.3) is 5.69 Å². The van der Waals surface area contributed by atoms with E-state index >= 15 is 0 Å². The second kappa shape index (κ2) is 9.88. The van der Waals surface area contributed by atoms with Crippen molar-refractivity contribution in [3.05, 3.63) is 58.8 Å². The molecule has 10 heteroatoms. The van der Waals surface area contributed by atoms with E-state index < -0.39 is 17.0 Å². The van der Waals surface area contributed by atoms with Gasteiger partial charge in [-0.15, -0.1) is 0 Å². The van der Waals surface area contributed by atoms with Gasteiger partial charge in [0.05, 0.1) is 4.92 Å². The molecule has 0 spiro atoms. The number of anilines is 2. The van der Waals surface area contributed by atoms with Gasteiger partial charge in [0.1, 0.15) is 18.1 Å². The van der Waals surface area contributed by atoms with Crippen LogP contribution in [0, 0.1) is 16.0 Å². The van der Waals surface area contributed by atoms with Gasteiger partial charge in [0, 0.05) is 37.9 Å². The molecule has 1 saturated heterocycles. The molecule has 1 aliphatic rings. The number of piperazine rings is 1. The summed E-state index contributed by atoms with van der Waals surface area (Å²) in [6, 6.07) is 11.0. The number of amides is 3. The molecular formula is C21H26N6O4. The van der Waals surface area contributed by atoms with E-state index in [4.69, 9.17) is 0 Å². The van der Waals surface area contributed by atoms with Gasteiger partial charge in [0.2, 0.25) is 5.91 Å². The molecule has 164 valence electrons. The molecule has 0 bridgehead atoms. The molecule has 0 aliphatic carbocycles.